The van der Waals surface area contributed by atoms with Gasteiger partial charge in [-0.15, -0.1) is 11.3 Å². The van der Waals surface area contributed by atoms with Crippen LogP contribution in [0.4, 0.5) is 0 Å². The number of hydrogen-bond acceptors (Lipinski definition) is 3. The predicted molar refractivity (Wildman–Crippen MR) is 73.3 cm³/mol. The van der Waals surface area contributed by atoms with Crippen LogP contribution < -0.4 is 5.73 Å². The molecule has 0 aromatic carbocycles. The highest BCUT2D eigenvalue weighted by atomic mass is 32.1. The Balaban J connectivity index is 1.66. The van der Waals surface area contributed by atoms with Crippen LogP contribution in [0.15, 0.2) is 34.3 Å². The van der Waals surface area contributed by atoms with Crippen molar-refractivity contribution in [3.63, 3.8) is 0 Å². The molecule has 0 saturated carbocycles. The molecule has 16 heavy (non-hydrogen) atoms. The maximum absolute atomic E-state index is 6.11. The van der Waals surface area contributed by atoms with Gasteiger partial charge in [0.25, 0.3) is 0 Å². The van der Waals surface area contributed by atoms with Crippen molar-refractivity contribution < 1.29 is 0 Å². The Morgan fingerprint density at radius 2 is 2.19 bits per heavy atom. The second-order valence-corrected chi connectivity index (χ2v) is 5.88. The smallest absolute Gasteiger partial charge is 0.00797 e. The third-order valence-electron chi connectivity index (χ3n) is 2.66. The molecule has 3 heteroatoms. The van der Waals surface area contributed by atoms with Gasteiger partial charge in [-0.3, -0.25) is 0 Å². The fraction of sp³-hybridized carbons (Fsp3) is 0.385. The topological polar surface area (TPSA) is 26.0 Å². The van der Waals surface area contributed by atoms with Crippen molar-refractivity contribution in [1.82, 2.24) is 0 Å². The monoisotopic (exact) mass is 251 g/mol. The van der Waals surface area contributed by atoms with Crippen molar-refractivity contribution in [3.05, 3.63) is 44.8 Å². The molecule has 1 unspecified atom stereocenters. The summed E-state index contributed by atoms with van der Waals surface area (Å²) in [5.41, 5.74) is 7.50. The minimum Gasteiger partial charge on any atom is -0.327 e. The number of rotatable bonds is 6. The zero-order valence-corrected chi connectivity index (χ0v) is 10.9. The van der Waals surface area contributed by atoms with Crippen LogP contribution in [0.1, 0.15) is 23.3 Å². The highest BCUT2D eigenvalue weighted by Crippen LogP contribution is 2.14. The van der Waals surface area contributed by atoms with Gasteiger partial charge in [-0.1, -0.05) is 6.07 Å². The summed E-state index contributed by atoms with van der Waals surface area (Å²) in [6.45, 7) is 0. The molecule has 2 aromatic rings. The Morgan fingerprint density at radius 3 is 2.88 bits per heavy atom. The highest BCUT2D eigenvalue weighted by Gasteiger charge is 2.04. The first-order valence-corrected chi connectivity index (χ1v) is 7.46. The molecule has 2 N–H and O–H groups in total. The van der Waals surface area contributed by atoms with Crippen molar-refractivity contribution in [1.29, 1.82) is 0 Å². The van der Waals surface area contributed by atoms with Gasteiger partial charge in [0.2, 0.25) is 0 Å². The summed E-state index contributed by atoms with van der Waals surface area (Å²) in [6.07, 6.45) is 4.52. The first-order chi connectivity index (χ1) is 7.84. The molecule has 0 spiro atoms. The Kier molecular flexibility index (Phi) is 4.57. The quantitative estimate of drug-likeness (QED) is 0.832. The molecule has 0 saturated heterocycles. The number of hydrogen-bond donors (Lipinski definition) is 1. The lowest BCUT2D eigenvalue weighted by atomic mass is 10.0. The number of aryl methyl sites for hydroxylation is 1. The average molecular weight is 251 g/mol. The zero-order chi connectivity index (χ0) is 11.2. The van der Waals surface area contributed by atoms with Crippen molar-refractivity contribution in [2.24, 2.45) is 5.73 Å². The van der Waals surface area contributed by atoms with E-state index in [9.17, 15) is 0 Å². The molecule has 2 aromatic heterocycles. The summed E-state index contributed by atoms with van der Waals surface area (Å²) in [5, 5.41) is 6.45. The van der Waals surface area contributed by atoms with Crippen molar-refractivity contribution in [2.45, 2.75) is 31.7 Å². The van der Waals surface area contributed by atoms with Gasteiger partial charge in [0.05, 0.1) is 0 Å². The van der Waals surface area contributed by atoms with E-state index in [1.54, 1.807) is 11.3 Å². The van der Waals surface area contributed by atoms with Gasteiger partial charge < -0.3 is 5.73 Å². The Morgan fingerprint density at radius 1 is 1.25 bits per heavy atom. The summed E-state index contributed by atoms with van der Waals surface area (Å²) >= 11 is 3.59. The summed E-state index contributed by atoms with van der Waals surface area (Å²) in [6, 6.07) is 6.80. The summed E-state index contributed by atoms with van der Waals surface area (Å²) in [7, 11) is 0. The van der Waals surface area contributed by atoms with E-state index in [-0.39, 0.29) is 0 Å². The van der Waals surface area contributed by atoms with Crippen molar-refractivity contribution in [3.8, 4) is 0 Å². The average Bonchev–Trinajstić information content (AvgIpc) is 2.90. The van der Waals surface area contributed by atoms with Gasteiger partial charge in [-0.25, -0.2) is 0 Å². The highest BCUT2D eigenvalue weighted by molar-refractivity contribution is 7.09. The van der Waals surface area contributed by atoms with E-state index in [4.69, 9.17) is 5.73 Å². The minimum atomic E-state index is 0.314. The zero-order valence-electron chi connectivity index (χ0n) is 9.26. The lowest BCUT2D eigenvalue weighted by Crippen LogP contribution is -2.22. The molecule has 0 aliphatic rings. The Hall–Kier alpha value is -0.640. The van der Waals surface area contributed by atoms with Crippen molar-refractivity contribution >= 4 is 22.7 Å². The Bertz CT molecular complexity index is 378. The molecule has 86 valence electrons. The SMILES string of the molecule is NC(CCCc1cccs1)Cc1ccsc1. The maximum Gasteiger partial charge on any atom is 0.00797 e. The van der Waals surface area contributed by atoms with Crippen LogP contribution >= 0.6 is 22.7 Å². The van der Waals surface area contributed by atoms with Crippen LogP contribution in [-0.2, 0) is 12.8 Å². The third kappa shape index (κ3) is 3.74. The van der Waals surface area contributed by atoms with E-state index < -0.39 is 0 Å². The number of nitrogens with two attached hydrogens (primary N) is 1. The maximum atomic E-state index is 6.11. The molecule has 0 radical (unpaired) electrons. The van der Waals surface area contributed by atoms with Gasteiger partial charge >= 0.3 is 0 Å². The van der Waals surface area contributed by atoms with Crippen LogP contribution in [0.25, 0.3) is 0 Å². The predicted octanol–water partition coefficient (Wildman–Crippen LogP) is 3.70. The summed E-state index contributed by atoms with van der Waals surface area (Å²) in [5.74, 6) is 0. The second kappa shape index (κ2) is 6.18. The van der Waals surface area contributed by atoms with Crippen LogP contribution in [-0.4, -0.2) is 6.04 Å². The van der Waals surface area contributed by atoms with Gasteiger partial charge in [-0.2, -0.15) is 11.3 Å². The molecular weight excluding hydrogens is 234 g/mol. The molecule has 2 heterocycles. The Labute approximate surface area is 105 Å². The molecule has 0 fully saturated rings. The van der Waals surface area contributed by atoms with E-state index in [1.165, 1.54) is 23.3 Å². The number of thiophene rings is 2. The fourth-order valence-corrected chi connectivity index (χ4v) is 3.24. The van der Waals surface area contributed by atoms with Crippen LogP contribution in [0.2, 0.25) is 0 Å². The van der Waals surface area contributed by atoms with Gasteiger partial charge in [0.15, 0.2) is 0 Å². The van der Waals surface area contributed by atoms with E-state index >= 15 is 0 Å². The first kappa shape index (κ1) is 11.8. The fourth-order valence-electron chi connectivity index (χ4n) is 1.81. The normalized spacial score (nSPS) is 12.8. The minimum absolute atomic E-state index is 0.314. The second-order valence-electron chi connectivity index (χ2n) is 4.07. The van der Waals surface area contributed by atoms with Crippen LogP contribution in [0.5, 0.6) is 0 Å². The first-order valence-electron chi connectivity index (χ1n) is 5.63. The lowest BCUT2D eigenvalue weighted by molar-refractivity contribution is 0.582. The van der Waals surface area contributed by atoms with Crippen molar-refractivity contribution in [2.75, 3.05) is 0 Å². The summed E-state index contributed by atoms with van der Waals surface area (Å²) in [4.78, 5) is 1.47. The van der Waals surface area contributed by atoms with E-state index in [1.807, 2.05) is 11.3 Å². The third-order valence-corrected chi connectivity index (χ3v) is 4.32. The molecule has 0 aliphatic heterocycles. The van der Waals surface area contributed by atoms with Gasteiger partial charge in [0.1, 0.15) is 0 Å². The van der Waals surface area contributed by atoms with E-state index in [2.05, 4.69) is 34.3 Å². The molecule has 2 rings (SSSR count). The molecule has 1 nitrogen and oxygen atoms in total. The van der Waals surface area contributed by atoms with Gasteiger partial charge in [0, 0.05) is 10.9 Å². The largest absolute Gasteiger partial charge is 0.327 e. The van der Waals surface area contributed by atoms with Crippen LogP contribution in [0, 0.1) is 0 Å². The molecule has 0 aliphatic carbocycles. The molecule has 0 amide bonds. The standard InChI is InChI=1S/C13H17NS2/c14-12(9-11-6-8-15-10-11)3-1-4-13-5-2-7-16-13/h2,5-8,10,12H,1,3-4,9,14H2. The summed E-state index contributed by atoms with van der Waals surface area (Å²) < 4.78 is 0. The molecule has 0 bridgehead atoms. The van der Waals surface area contributed by atoms with Gasteiger partial charge in [-0.05, 0) is 59.5 Å². The van der Waals surface area contributed by atoms with Crippen LogP contribution in [0.3, 0.4) is 0 Å². The molecule has 1 atom stereocenters. The van der Waals surface area contributed by atoms with E-state index in [0.717, 1.165) is 12.8 Å². The van der Waals surface area contributed by atoms with E-state index in [0.29, 0.717) is 6.04 Å². The molecular formula is C13H17NS2. The lowest BCUT2D eigenvalue weighted by Gasteiger charge is -2.09.